The number of aliphatic hydroxyl groups is 1. The van der Waals surface area contributed by atoms with Gasteiger partial charge in [-0.3, -0.25) is 19.2 Å². The molecule has 11 heteroatoms. The van der Waals surface area contributed by atoms with Crippen molar-refractivity contribution < 1.29 is 33.8 Å². The summed E-state index contributed by atoms with van der Waals surface area (Å²) in [6.45, 7) is 13.1. The highest BCUT2D eigenvalue weighted by Crippen LogP contribution is 2.59. The largest absolute Gasteiger partial charge is 0.455 e. The van der Waals surface area contributed by atoms with E-state index in [1.165, 1.54) is 9.80 Å². The Morgan fingerprint density at radius 1 is 1.10 bits per heavy atom. The summed E-state index contributed by atoms with van der Waals surface area (Å²) in [7, 11) is 1.68. The minimum atomic E-state index is -1.33. The maximum atomic E-state index is 14.9. The Morgan fingerprint density at radius 3 is 2.41 bits per heavy atom. The van der Waals surface area contributed by atoms with E-state index in [9.17, 15) is 24.3 Å². The Morgan fingerprint density at radius 2 is 1.78 bits per heavy atom. The molecule has 274 valence electrons. The van der Waals surface area contributed by atoms with Crippen molar-refractivity contribution in [3.63, 3.8) is 0 Å². The molecule has 0 aliphatic carbocycles. The highest BCUT2D eigenvalue weighted by molar-refractivity contribution is 6.34. The third kappa shape index (κ3) is 7.23. The Labute approximate surface area is 306 Å². The van der Waals surface area contributed by atoms with Crippen LogP contribution >= 0.6 is 11.6 Å². The number of rotatable bonds is 16. The number of benzene rings is 2. The normalized spacial score (nSPS) is 25.2. The van der Waals surface area contributed by atoms with E-state index in [-0.39, 0.29) is 31.4 Å². The molecule has 3 aliphatic rings. The van der Waals surface area contributed by atoms with Gasteiger partial charge in [-0.1, -0.05) is 80.1 Å². The molecule has 0 saturated carbocycles. The number of aliphatic hydroxyl groups excluding tert-OH is 1. The second-order valence-electron chi connectivity index (χ2n) is 14.3. The van der Waals surface area contributed by atoms with Crippen molar-refractivity contribution in [3.8, 4) is 0 Å². The molecule has 0 aromatic heterocycles. The number of amides is 3. The molecule has 3 heterocycles. The summed E-state index contributed by atoms with van der Waals surface area (Å²) in [5.41, 5.74) is -0.181. The fourth-order valence-electron chi connectivity index (χ4n) is 8.23. The van der Waals surface area contributed by atoms with E-state index < -0.39 is 65.6 Å². The minimum Gasteiger partial charge on any atom is -0.455 e. The molecule has 2 bridgehead atoms. The molecule has 3 amide bonds. The van der Waals surface area contributed by atoms with E-state index in [4.69, 9.17) is 21.1 Å². The Hall–Kier alpha value is -3.99. The molecule has 3 fully saturated rings. The molecule has 3 aliphatic heterocycles. The number of likely N-dealkylation sites (N-methyl/N-ethyl adjacent to an activating group) is 1. The van der Waals surface area contributed by atoms with Gasteiger partial charge in [0.05, 0.1) is 47.3 Å². The lowest BCUT2D eigenvalue weighted by molar-refractivity contribution is -0.165. The van der Waals surface area contributed by atoms with Gasteiger partial charge in [0, 0.05) is 20.0 Å². The van der Waals surface area contributed by atoms with Crippen molar-refractivity contribution in [3.05, 3.63) is 90.5 Å². The van der Waals surface area contributed by atoms with Crippen LogP contribution in [0.3, 0.4) is 0 Å². The van der Waals surface area contributed by atoms with Crippen LogP contribution in [0.5, 0.6) is 0 Å². The zero-order valence-electron chi connectivity index (χ0n) is 29.9. The number of hydrogen-bond acceptors (Lipinski definition) is 7. The molecule has 2 aromatic carbocycles. The molecular formula is C40H50ClN3O7. The van der Waals surface area contributed by atoms with Gasteiger partial charge in [0.15, 0.2) is 0 Å². The number of fused-ring (bicyclic) bond motifs is 1. The van der Waals surface area contributed by atoms with Gasteiger partial charge in [-0.25, -0.2) is 0 Å². The van der Waals surface area contributed by atoms with Gasteiger partial charge in [0.2, 0.25) is 11.8 Å². The van der Waals surface area contributed by atoms with Crippen LogP contribution in [0.2, 0.25) is 5.02 Å². The Balaban J connectivity index is 1.54. The third-order valence-corrected chi connectivity index (χ3v) is 11.0. The average molecular weight is 720 g/mol. The zero-order chi connectivity index (χ0) is 37.0. The van der Waals surface area contributed by atoms with Crippen LogP contribution in [0.25, 0.3) is 0 Å². The van der Waals surface area contributed by atoms with E-state index in [2.05, 4.69) is 13.2 Å². The van der Waals surface area contributed by atoms with Crippen LogP contribution in [0.4, 0.5) is 5.69 Å². The van der Waals surface area contributed by atoms with E-state index >= 15 is 0 Å². The van der Waals surface area contributed by atoms with Crippen LogP contribution in [0.15, 0.2) is 79.9 Å². The standard InChI is InChI=1S/C40H50ClN3O7/c1-7-9-19-32(46)42(6)26(5)35(27-15-11-10-12-16-27)50-39(49)33-31-20-21-40(51-31)34(33)37(47)44(28(24-45)23-25(3)4)36(40)38(48)43(22-8-2)30-18-14-13-17-29(30)41/h7-8,10-18,25-26,28,31,33-36,45H,1-2,9,19-24H2,3-6H3/t26-,28-,31-,33+,34+,35+,36-,40+/m1/s1. The quantitative estimate of drug-likeness (QED) is 0.174. The van der Waals surface area contributed by atoms with Crippen molar-refractivity contribution in [1.29, 1.82) is 0 Å². The van der Waals surface area contributed by atoms with Gasteiger partial charge in [0.1, 0.15) is 17.7 Å². The first kappa shape index (κ1) is 38.2. The second kappa shape index (κ2) is 16.1. The molecule has 0 radical (unpaired) electrons. The van der Waals surface area contributed by atoms with E-state index in [1.54, 1.807) is 48.4 Å². The summed E-state index contributed by atoms with van der Waals surface area (Å²) < 4.78 is 13.0. The maximum Gasteiger partial charge on any atom is 0.313 e. The molecule has 5 rings (SSSR count). The molecular weight excluding hydrogens is 670 g/mol. The summed E-state index contributed by atoms with van der Waals surface area (Å²) in [6.07, 6.45) is 3.79. The lowest BCUT2D eigenvalue weighted by Crippen LogP contribution is -2.59. The molecule has 3 saturated heterocycles. The van der Waals surface area contributed by atoms with E-state index in [0.717, 1.165) is 0 Å². The van der Waals surface area contributed by atoms with Crippen molar-refractivity contribution in [2.45, 2.75) is 88.8 Å². The van der Waals surface area contributed by atoms with E-state index in [0.29, 0.717) is 42.0 Å². The van der Waals surface area contributed by atoms with Crippen molar-refractivity contribution in [1.82, 2.24) is 9.80 Å². The van der Waals surface area contributed by atoms with Crippen LogP contribution in [0.1, 0.15) is 64.5 Å². The Bertz CT molecular complexity index is 1620. The van der Waals surface area contributed by atoms with Gasteiger partial charge in [-0.05, 0) is 56.2 Å². The third-order valence-electron chi connectivity index (χ3n) is 10.7. The number of nitrogens with zero attached hydrogens (tertiary/aromatic N) is 3. The van der Waals surface area contributed by atoms with Crippen LogP contribution in [0, 0.1) is 17.8 Å². The predicted octanol–water partition coefficient (Wildman–Crippen LogP) is 5.74. The van der Waals surface area contributed by atoms with Gasteiger partial charge in [-0.2, -0.15) is 0 Å². The fraction of sp³-hybridized carbons (Fsp3) is 0.500. The van der Waals surface area contributed by atoms with Crippen molar-refractivity contribution in [2.24, 2.45) is 17.8 Å². The monoisotopic (exact) mass is 719 g/mol. The topological polar surface area (TPSA) is 117 Å². The number of allylic oxidation sites excluding steroid dienone is 1. The zero-order valence-corrected chi connectivity index (χ0v) is 30.7. The second-order valence-corrected chi connectivity index (χ2v) is 14.7. The lowest BCUT2D eigenvalue weighted by atomic mass is 9.70. The van der Waals surface area contributed by atoms with Crippen molar-refractivity contribution >= 4 is 41.0 Å². The van der Waals surface area contributed by atoms with E-state index in [1.807, 2.05) is 51.1 Å². The number of para-hydroxylation sites is 1. The van der Waals surface area contributed by atoms with Gasteiger partial charge < -0.3 is 29.3 Å². The molecule has 1 N–H and O–H groups in total. The summed E-state index contributed by atoms with van der Waals surface area (Å²) in [5.74, 6) is -3.52. The van der Waals surface area contributed by atoms with Crippen LogP contribution in [-0.4, -0.2) is 88.6 Å². The molecule has 0 unspecified atom stereocenters. The number of likely N-dealkylation sites (tertiary alicyclic amines) is 1. The number of hydrogen-bond donors (Lipinski definition) is 1. The summed E-state index contributed by atoms with van der Waals surface area (Å²) in [5, 5.41) is 11.0. The van der Waals surface area contributed by atoms with Crippen LogP contribution in [-0.2, 0) is 28.7 Å². The van der Waals surface area contributed by atoms with Gasteiger partial charge in [-0.15, -0.1) is 13.2 Å². The van der Waals surface area contributed by atoms with Gasteiger partial charge in [0.25, 0.3) is 5.91 Å². The Kier molecular flexibility index (Phi) is 12.1. The number of carbonyl (C=O) groups is 4. The first-order chi connectivity index (χ1) is 24.4. The lowest BCUT2D eigenvalue weighted by Gasteiger charge is -2.39. The summed E-state index contributed by atoms with van der Waals surface area (Å²) in [4.78, 5) is 61.8. The average Bonchev–Trinajstić information content (AvgIpc) is 3.77. The predicted molar refractivity (Wildman–Crippen MR) is 196 cm³/mol. The van der Waals surface area contributed by atoms with Crippen LogP contribution < -0.4 is 4.90 Å². The fourth-order valence-corrected chi connectivity index (χ4v) is 8.47. The molecule has 2 aromatic rings. The van der Waals surface area contributed by atoms with Crippen molar-refractivity contribution in [2.75, 3.05) is 25.1 Å². The minimum absolute atomic E-state index is 0.0915. The SMILES string of the molecule is C=CCCC(=O)N(C)[C@H](C)[C@H](OC(=O)[C@@H]1[C@H]2C(=O)N([C@@H](CO)CC(C)C)[C@H](C(=O)N(CC=C)c3ccccc3Cl)[C@]23CC[C@H]1O3)c1ccccc1. The molecule has 1 spiro atoms. The smallest absolute Gasteiger partial charge is 0.313 e. The summed E-state index contributed by atoms with van der Waals surface area (Å²) in [6, 6.07) is 13.8. The van der Waals surface area contributed by atoms with Gasteiger partial charge >= 0.3 is 5.97 Å². The number of anilines is 1. The maximum absolute atomic E-state index is 14.9. The molecule has 8 atom stereocenters. The first-order valence-corrected chi connectivity index (χ1v) is 18.2. The highest BCUT2D eigenvalue weighted by atomic mass is 35.5. The number of halogens is 1. The summed E-state index contributed by atoms with van der Waals surface area (Å²) >= 11 is 6.60. The number of esters is 1. The number of ether oxygens (including phenoxy) is 2. The highest BCUT2D eigenvalue weighted by Gasteiger charge is 2.76. The molecule has 51 heavy (non-hydrogen) atoms. The number of carbonyl (C=O) groups excluding carboxylic acids is 4. The molecule has 10 nitrogen and oxygen atoms in total. The first-order valence-electron chi connectivity index (χ1n) is 17.8.